The summed E-state index contributed by atoms with van der Waals surface area (Å²) >= 11 is 0. The first-order valence-corrected chi connectivity index (χ1v) is 17.6. The van der Waals surface area contributed by atoms with Crippen LogP contribution in [0.5, 0.6) is 0 Å². The van der Waals surface area contributed by atoms with Gasteiger partial charge in [-0.15, -0.1) is 0 Å². The van der Waals surface area contributed by atoms with Crippen LogP contribution in [0.25, 0.3) is 131 Å². The van der Waals surface area contributed by atoms with Crippen molar-refractivity contribution in [3.8, 4) is 33.4 Å². The number of hydrogen-bond donors (Lipinski definition) is 0. The Balaban J connectivity index is 1.22. The molecule has 0 aliphatic carbocycles. The Hall–Kier alpha value is -7.22. The molecular weight excluding hydrogens is 665 g/mol. The van der Waals surface area contributed by atoms with Gasteiger partial charge in [-0.05, 0) is 140 Å². The minimum Gasteiger partial charge on any atom is -0.455 e. The van der Waals surface area contributed by atoms with Crippen LogP contribution in [-0.4, -0.2) is 0 Å². The number of rotatable bonds is 3. The molecular formula is C54H30O. The highest BCUT2D eigenvalue weighted by Gasteiger charge is 2.18. The highest BCUT2D eigenvalue weighted by atomic mass is 16.3. The molecule has 1 nitrogen and oxygen atoms in total. The first-order chi connectivity index (χ1) is 34.8. The monoisotopic (exact) mass is 712 g/mol. The Morgan fingerprint density at radius 1 is 0.327 bits per heavy atom. The van der Waals surface area contributed by atoms with Crippen LogP contribution < -0.4 is 0 Å². The van der Waals surface area contributed by atoms with Gasteiger partial charge in [0.2, 0.25) is 0 Å². The number of fused-ring (bicyclic) bond motifs is 5. The zero-order valence-corrected chi connectivity index (χ0v) is 28.3. The lowest BCUT2D eigenvalue weighted by atomic mass is 9.86. The van der Waals surface area contributed by atoms with E-state index in [2.05, 4.69) is 0 Å². The third-order valence-electron chi connectivity index (χ3n) is 10.8. The SMILES string of the molecule is [2H]c1c([2H])c2c([2H])c([2H])c3c([2H])c([2H])c(-c4cc(-c5ccc6oc7c8ccccc8ccc7c6c5)cc(-c5c([2H])c([2H])c6c([2H])c([2H])c7c([2H])c([2H])c([2H])c8c([2H])c([2H])c5c6c78)c4)c4c([2H])c([2H])c(c1[2H])c2c34. The van der Waals surface area contributed by atoms with E-state index in [0.717, 1.165) is 21.5 Å². The number of hydrogen-bond acceptors (Lipinski definition) is 1. The first kappa shape index (κ1) is 17.3. The topological polar surface area (TPSA) is 13.1 Å². The second kappa shape index (κ2) is 10.7. The quantitative estimate of drug-likeness (QED) is 0.166. The zero-order valence-electron chi connectivity index (χ0n) is 46.3. The van der Waals surface area contributed by atoms with Crippen LogP contribution in [0.1, 0.15) is 24.7 Å². The minimum atomic E-state index is -0.612. The summed E-state index contributed by atoms with van der Waals surface area (Å²) in [5.41, 5.74) is 2.17. The molecule has 0 fully saturated rings. The van der Waals surface area contributed by atoms with E-state index in [-0.39, 0.29) is 86.9 Å². The maximum Gasteiger partial charge on any atom is 0.143 e. The average molecular weight is 713 g/mol. The molecule has 0 N–H and O–H groups in total. The molecule has 0 aliphatic heterocycles. The largest absolute Gasteiger partial charge is 0.455 e. The Kier molecular flexibility index (Phi) is 3.36. The Bertz CT molecular complexity index is 4500. The molecule has 55 heavy (non-hydrogen) atoms. The van der Waals surface area contributed by atoms with Crippen LogP contribution in [0.15, 0.2) is 186 Å². The van der Waals surface area contributed by atoms with Crippen molar-refractivity contribution < 1.29 is 29.1 Å². The molecule has 0 aliphatic rings. The minimum absolute atomic E-state index is 0.0274. The summed E-state index contributed by atoms with van der Waals surface area (Å²) in [7, 11) is 0. The fourth-order valence-electron chi connectivity index (χ4n) is 8.32. The molecule has 0 radical (unpaired) electrons. The van der Waals surface area contributed by atoms with Gasteiger partial charge in [0.1, 0.15) is 11.2 Å². The zero-order chi connectivity index (χ0) is 51.4. The van der Waals surface area contributed by atoms with E-state index in [0.29, 0.717) is 22.3 Å². The maximum atomic E-state index is 9.71. The Morgan fingerprint density at radius 2 is 0.855 bits per heavy atom. The van der Waals surface area contributed by atoms with Crippen molar-refractivity contribution in [2.45, 2.75) is 0 Å². The van der Waals surface area contributed by atoms with Crippen LogP contribution in [-0.2, 0) is 0 Å². The molecule has 1 heterocycles. The molecule has 1 aromatic heterocycles. The van der Waals surface area contributed by atoms with Gasteiger partial charge in [-0.3, -0.25) is 0 Å². The summed E-state index contributed by atoms with van der Waals surface area (Å²) in [6.07, 6.45) is 0. The van der Waals surface area contributed by atoms with Crippen LogP contribution in [0.2, 0.25) is 0 Å². The van der Waals surface area contributed by atoms with Gasteiger partial charge >= 0.3 is 0 Å². The van der Waals surface area contributed by atoms with Gasteiger partial charge in [-0.2, -0.15) is 0 Å². The van der Waals surface area contributed by atoms with Crippen molar-refractivity contribution in [2.24, 2.45) is 0 Å². The Labute approximate surface area is 341 Å². The highest BCUT2D eigenvalue weighted by molar-refractivity contribution is 6.27. The van der Waals surface area contributed by atoms with Crippen molar-refractivity contribution in [3.63, 3.8) is 0 Å². The van der Waals surface area contributed by atoms with E-state index in [4.69, 9.17) is 18.1 Å². The van der Waals surface area contributed by atoms with E-state index in [1.54, 1.807) is 24.3 Å². The molecule has 13 aromatic rings. The smallest absolute Gasteiger partial charge is 0.143 e. The van der Waals surface area contributed by atoms with Gasteiger partial charge in [0.05, 0.1) is 24.7 Å². The van der Waals surface area contributed by atoms with Gasteiger partial charge in [0.25, 0.3) is 0 Å². The molecule has 0 atom stereocenters. The number of benzene rings is 12. The predicted octanol–water partition coefficient (Wildman–Crippen LogP) is 15.5. The molecule has 12 aromatic carbocycles. The predicted molar refractivity (Wildman–Crippen MR) is 235 cm³/mol. The lowest BCUT2D eigenvalue weighted by Gasteiger charge is -2.18. The van der Waals surface area contributed by atoms with Crippen LogP contribution in [0.4, 0.5) is 0 Å². The maximum absolute atomic E-state index is 9.71. The summed E-state index contributed by atoms with van der Waals surface area (Å²) in [5.74, 6) is 0. The third kappa shape index (κ3) is 4.07. The van der Waals surface area contributed by atoms with E-state index in [9.17, 15) is 11.0 Å². The van der Waals surface area contributed by atoms with E-state index in [1.165, 1.54) is 6.07 Å². The molecule has 13 rings (SSSR count). The average Bonchev–Trinajstić information content (AvgIpc) is 3.76. The molecule has 0 saturated carbocycles. The highest BCUT2D eigenvalue weighted by Crippen LogP contribution is 2.45. The van der Waals surface area contributed by atoms with Crippen molar-refractivity contribution in [1.29, 1.82) is 0 Å². The third-order valence-corrected chi connectivity index (χ3v) is 10.8. The molecule has 0 unspecified atom stereocenters. The Morgan fingerprint density at radius 3 is 1.47 bits per heavy atom. The summed E-state index contributed by atoms with van der Waals surface area (Å²) in [6, 6.07) is 12.1. The second-order valence-electron chi connectivity index (χ2n) is 13.8. The first-order valence-electron chi connectivity index (χ1n) is 26.6. The molecule has 252 valence electrons. The van der Waals surface area contributed by atoms with Gasteiger partial charge in [0, 0.05) is 16.2 Å². The summed E-state index contributed by atoms with van der Waals surface area (Å²) in [6.45, 7) is 0. The van der Waals surface area contributed by atoms with Gasteiger partial charge in [0.15, 0.2) is 0 Å². The van der Waals surface area contributed by atoms with Crippen molar-refractivity contribution in [2.75, 3.05) is 0 Å². The number of furan rings is 1. The van der Waals surface area contributed by atoms with Crippen molar-refractivity contribution in [3.05, 3.63) is 182 Å². The van der Waals surface area contributed by atoms with Gasteiger partial charge in [-0.25, -0.2) is 0 Å². The van der Waals surface area contributed by atoms with E-state index in [1.807, 2.05) is 42.5 Å². The second-order valence-corrected chi connectivity index (χ2v) is 13.8. The molecule has 0 bridgehead atoms. The van der Waals surface area contributed by atoms with Gasteiger partial charge in [-0.1, -0.05) is 145 Å². The fraction of sp³-hybridized carbons (Fsp3) is 0. The molecule has 0 amide bonds. The van der Waals surface area contributed by atoms with Crippen molar-refractivity contribution in [1.82, 2.24) is 0 Å². The lowest BCUT2D eigenvalue weighted by Crippen LogP contribution is -1.91. The van der Waals surface area contributed by atoms with Crippen LogP contribution >= 0.6 is 0 Å². The fourth-order valence-corrected chi connectivity index (χ4v) is 8.32. The van der Waals surface area contributed by atoms with Crippen LogP contribution in [0.3, 0.4) is 0 Å². The molecule has 0 spiro atoms. The van der Waals surface area contributed by atoms with Crippen molar-refractivity contribution >= 4 is 97.3 Å². The summed E-state index contributed by atoms with van der Waals surface area (Å²) < 4.78 is 172. The van der Waals surface area contributed by atoms with E-state index >= 15 is 0 Å². The van der Waals surface area contributed by atoms with Gasteiger partial charge < -0.3 is 4.42 Å². The lowest BCUT2D eigenvalue weighted by molar-refractivity contribution is 0.672. The molecule has 1 heteroatoms. The van der Waals surface area contributed by atoms with E-state index < -0.39 is 109 Å². The normalized spacial score (nSPS) is 16.9. The van der Waals surface area contributed by atoms with Crippen LogP contribution in [0, 0.1) is 0 Å². The molecule has 0 saturated heterocycles. The summed E-state index contributed by atoms with van der Waals surface area (Å²) in [5, 5.41) is 1.63. The summed E-state index contributed by atoms with van der Waals surface area (Å²) in [4.78, 5) is 0. The standard InChI is InChI=1S/C54H30O/c1-2-10-44-31(5-1)15-25-47-48-30-38(20-26-49(48)55-54(44)47)39-27-40(42-21-16-36-13-11-32-6-3-8-34-18-23-45(42)52(36)50(32)34)29-41(28-39)43-22-17-37-14-12-33-7-4-9-35-19-24-46(43)53(37)51(33)35/h1-30H/i3D,4D,6D,7D,8D,9D,11D,12D,13D,14D,16D,17D,18D,19D,21D,22D,23D,24D.